The van der Waals surface area contributed by atoms with Crippen LogP contribution in [0.5, 0.6) is 0 Å². The van der Waals surface area contributed by atoms with E-state index in [0.717, 1.165) is 24.5 Å². The summed E-state index contributed by atoms with van der Waals surface area (Å²) in [4.78, 5) is 2.75. The Kier molecular flexibility index (Phi) is 4.66. The molecule has 0 spiro atoms. The minimum absolute atomic E-state index is 0.772. The van der Waals surface area contributed by atoms with Crippen LogP contribution in [0.15, 0.2) is 0 Å². The summed E-state index contributed by atoms with van der Waals surface area (Å²) in [6.07, 6.45) is 8.62. The summed E-state index contributed by atoms with van der Waals surface area (Å²) in [5.41, 5.74) is 0. The third-order valence-electron chi connectivity index (χ3n) is 4.62. The first-order chi connectivity index (χ1) is 7.83. The maximum atomic E-state index is 3.59. The lowest BCUT2D eigenvalue weighted by molar-refractivity contribution is 0.160. The van der Waals surface area contributed by atoms with Crippen LogP contribution in [0, 0.1) is 5.92 Å². The molecule has 1 unspecified atom stereocenters. The first kappa shape index (κ1) is 12.4. The second kappa shape index (κ2) is 6.02. The second-order valence-corrected chi connectivity index (χ2v) is 5.62. The summed E-state index contributed by atoms with van der Waals surface area (Å²) in [5.74, 6) is 1.03. The topological polar surface area (TPSA) is 15.3 Å². The van der Waals surface area contributed by atoms with E-state index in [1.54, 1.807) is 0 Å². The van der Waals surface area contributed by atoms with Crippen LogP contribution in [0.1, 0.15) is 52.4 Å². The Labute approximate surface area is 101 Å². The van der Waals surface area contributed by atoms with Gasteiger partial charge in [-0.25, -0.2) is 0 Å². The van der Waals surface area contributed by atoms with Crippen molar-refractivity contribution in [3.8, 4) is 0 Å². The zero-order valence-corrected chi connectivity index (χ0v) is 11.0. The first-order valence-corrected chi connectivity index (χ1v) is 7.30. The van der Waals surface area contributed by atoms with Gasteiger partial charge in [-0.15, -0.1) is 0 Å². The maximum absolute atomic E-state index is 3.59. The van der Waals surface area contributed by atoms with Crippen molar-refractivity contribution in [2.45, 2.75) is 64.5 Å². The van der Waals surface area contributed by atoms with Crippen molar-refractivity contribution in [2.75, 3.05) is 19.6 Å². The lowest BCUT2D eigenvalue weighted by Crippen LogP contribution is -2.39. The highest BCUT2D eigenvalue weighted by Gasteiger charge is 2.30. The molecule has 2 heteroatoms. The minimum atomic E-state index is 0.772. The standard InChI is InChI=1S/C14H28N2/c1-3-12-5-7-14(8-6-12)16-10-9-13(11-16)15-4-2/h12-15H,3-11H2,1-2H3. The van der Waals surface area contributed by atoms with Crippen molar-refractivity contribution in [1.29, 1.82) is 0 Å². The number of hydrogen-bond acceptors (Lipinski definition) is 2. The quantitative estimate of drug-likeness (QED) is 0.790. The molecule has 0 aromatic carbocycles. The zero-order valence-electron chi connectivity index (χ0n) is 11.0. The predicted molar refractivity (Wildman–Crippen MR) is 69.7 cm³/mol. The van der Waals surface area contributed by atoms with Gasteiger partial charge in [0.2, 0.25) is 0 Å². The van der Waals surface area contributed by atoms with E-state index < -0.39 is 0 Å². The van der Waals surface area contributed by atoms with Crippen LogP contribution >= 0.6 is 0 Å². The monoisotopic (exact) mass is 224 g/mol. The number of nitrogens with zero attached hydrogens (tertiary/aromatic N) is 1. The molecule has 2 fully saturated rings. The fourth-order valence-corrected chi connectivity index (χ4v) is 3.49. The number of hydrogen-bond donors (Lipinski definition) is 1. The van der Waals surface area contributed by atoms with Gasteiger partial charge in [0.15, 0.2) is 0 Å². The van der Waals surface area contributed by atoms with Crippen LogP contribution in [0.3, 0.4) is 0 Å². The Hall–Kier alpha value is -0.0800. The summed E-state index contributed by atoms with van der Waals surface area (Å²) in [6.45, 7) is 8.33. The Bertz CT molecular complexity index is 197. The van der Waals surface area contributed by atoms with Crippen LogP contribution in [0.2, 0.25) is 0 Å². The van der Waals surface area contributed by atoms with Crippen LogP contribution in [0.25, 0.3) is 0 Å². The number of rotatable bonds is 4. The molecule has 2 aliphatic rings. The van der Waals surface area contributed by atoms with E-state index >= 15 is 0 Å². The summed E-state index contributed by atoms with van der Waals surface area (Å²) in [6, 6.07) is 1.68. The van der Waals surface area contributed by atoms with Crippen molar-refractivity contribution >= 4 is 0 Å². The van der Waals surface area contributed by atoms with Gasteiger partial charge in [-0.2, -0.15) is 0 Å². The Morgan fingerprint density at radius 3 is 2.44 bits per heavy atom. The second-order valence-electron chi connectivity index (χ2n) is 5.62. The van der Waals surface area contributed by atoms with Gasteiger partial charge in [0.25, 0.3) is 0 Å². The maximum Gasteiger partial charge on any atom is 0.0207 e. The van der Waals surface area contributed by atoms with Crippen LogP contribution in [-0.2, 0) is 0 Å². The highest BCUT2D eigenvalue weighted by molar-refractivity contribution is 4.87. The van der Waals surface area contributed by atoms with Crippen LogP contribution in [0.4, 0.5) is 0 Å². The molecule has 1 saturated heterocycles. The smallest absolute Gasteiger partial charge is 0.0207 e. The third-order valence-corrected chi connectivity index (χ3v) is 4.62. The average molecular weight is 224 g/mol. The third kappa shape index (κ3) is 2.98. The van der Waals surface area contributed by atoms with Gasteiger partial charge in [-0.1, -0.05) is 20.3 Å². The molecular weight excluding hydrogens is 196 g/mol. The van der Waals surface area contributed by atoms with Crippen LogP contribution in [-0.4, -0.2) is 36.6 Å². The number of likely N-dealkylation sites (N-methyl/N-ethyl adjacent to an activating group) is 1. The molecule has 0 bridgehead atoms. The molecule has 16 heavy (non-hydrogen) atoms. The molecule has 1 aliphatic heterocycles. The molecule has 1 N–H and O–H groups in total. The number of nitrogens with one attached hydrogen (secondary N) is 1. The minimum Gasteiger partial charge on any atom is -0.313 e. The van der Waals surface area contributed by atoms with Crippen molar-refractivity contribution in [3.63, 3.8) is 0 Å². The van der Waals surface area contributed by atoms with E-state index in [2.05, 4.69) is 24.1 Å². The molecule has 2 rings (SSSR count). The van der Waals surface area contributed by atoms with Crippen molar-refractivity contribution in [2.24, 2.45) is 5.92 Å². The molecule has 94 valence electrons. The highest BCUT2D eigenvalue weighted by atomic mass is 15.2. The Morgan fingerprint density at radius 2 is 1.81 bits per heavy atom. The molecule has 0 amide bonds. The predicted octanol–water partition coefficient (Wildman–Crippen LogP) is 2.64. The van der Waals surface area contributed by atoms with Gasteiger partial charge in [0.05, 0.1) is 0 Å². The van der Waals surface area contributed by atoms with E-state index in [9.17, 15) is 0 Å². The van der Waals surface area contributed by atoms with E-state index in [0.29, 0.717) is 0 Å². The van der Waals surface area contributed by atoms with Crippen LogP contribution < -0.4 is 5.32 Å². The van der Waals surface area contributed by atoms with Gasteiger partial charge in [-0.3, -0.25) is 4.90 Å². The molecule has 1 saturated carbocycles. The van der Waals surface area contributed by atoms with E-state index in [1.807, 2.05) is 0 Å². The molecule has 0 radical (unpaired) electrons. The van der Waals surface area contributed by atoms with Gasteiger partial charge < -0.3 is 5.32 Å². The highest BCUT2D eigenvalue weighted by Crippen LogP contribution is 2.30. The average Bonchev–Trinajstić information content (AvgIpc) is 2.78. The van der Waals surface area contributed by atoms with Gasteiger partial charge in [0, 0.05) is 25.2 Å². The molecule has 1 atom stereocenters. The van der Waals surface area contributed by atoms with Gasteiger partial charge >= 0.3 is 0 Å². The Balaban J connectivity index is 1.73. The van der Waals surface area contributed by atoms with Crippen molar-refractivity contribution in [1.82, 2.24) is 10.2 Å². The zero-order chi connectivity index (χ0) is 11.4. The summed E-state index contributed by atoms with van der Waals surface area (Å²) < 4.78 is 0. The lowest BCUT2D eigenvalue weighted by atomic mass is 9.84. The summed E-state index contributed by atoms with van der Waals surface area (Å²) >= 11 is 0. The van der Waals surface area contributed by atoms with E-state index in [1.165, 1.54) is 51.6 Å². The molecular formula is C14H28N2. The largest absolute Gasteiger partial charge is 0.313 e. The van der Waals surface area contributed by atoms with Crippen molar-refractivity contribution in [3.05, 3.63) is 0 Å². The normalized spacial score (nSPS) is 36.8. The fraction of sp³-hybridized carbons (Fsp3) is 1.00. The Morgan fingerprint density at radius 1 is 1.06 bits per heavy atom. The summed E-state index contributed by atoms with van der Waals surface area (Å²) in [5, 5.41) is 3.59. The van der Waals surface area contributed by atoms with E-state index in [4.69, 9.17) is 0 Å². The van der Waals surface area contributed by atoms with Crippen molar-refractivity contribution < 1.29 is 0 Å². The molecule has 2 nitrogen and oxygen atoms in total. The van der Waals surface area contributed by atoms with Gasteiger partial charge in [-0.05, 0) is 44.6 Å². The molecule has 1 aliphatic carbocycles. The molecule has 0 aromatic heterocycles. The fourth-order valence-electron chi connectivity index (χ4n) is 3.49. The SMILES string of the molecule is CCNC1CCN(C2CCC(CC)CC2)C1. The first-order valence-electron chi connectivity index (χ1n) is 7.30. The lowest BCUT2D eigenvalue weighted by Gasteiger charge is -2.34. The van der Waals surface area contributed by atoms with E-state index in [-0.39, 0.29) is 0 Å². The number of likely N-dealkylation sites (tertiary alicyclic amines) is 1. The van der Waals surface area contributed by atoms with Gasteiger partial charge in [0.1, 0.15) is 0 Å². The summed E-state index contributed by atoms with van der Waals surface area (Å²) in [7, 11) is 0. The molecule has 0 aromatic rings. The molecule has 1 heterocycles.